The van der Waals surface area contributed by atoms with Crippen LogP contribution in [0.5, 0.6) is 0 Å². The molecule has 19 heavy (non-hydrogen) atoms. The van der Waals surface area contributed by atoms with E-state index in [1.807, 2.05) is 6.07 Å². The molecule has 0 radical (unpaired) electrons. The summed E-state index contributed by atoms with van der Waals surface area (Å²) in [7, 11) is 0. The number of aliphatic hydroxyl groups excluding tert-OH is 1. The Kier molecular flexibility index (Phi) is 4.14. The van der Waals surface area contributed by atoms with Gasteiger partial charge in [-0.15, -0.1) is 0 Å². The fraction of sp³-hybridized carbons (Fsp3) is 0.625. The van der Waals surface area contributed by atoms with Crippen molar-refractivity contribution >= 4 is 5.69 Å². The summed E-state index contributed by atoms with van der Waals surface area (Å²) in [6, 6.07) is 5.07. The number of hydrogen-bond donors (Lipinski definition) is 1. The molecule has 1 aliphatic heterocycles. The Morgan fingerprint density at radius 2 is 2.00 bits per heavy atom. The topological polar surface area (TPSA) is 23.5 Å². The molecule has 1 unspecified atom stereocenters. The maximum absolute atomic E-state index is 13.9. The number of rotatable bonds is 2. The largest absolute Gasteiger partial charge is 0.389 e. The first-order valence-electron chi connectivity index (χ1n) is 7.12. The molecular weight excluding hydrogens is 241 g/mol. The molecule has 1 fully saturated rings. The molecule has 1 atom stereocenters. The fourth-order valence-electron chi connectivity index (χ4n) is 2.88. The lowest BCUT2D eigenvalue weighted by Gasteiger charge is -2.27. The van der Waals surface area contributed by atoms with Gasteiger partial charge in [0.05, 0.1) is 6.10 Å². The summed E-state index contributed by atoms with van der Waals surface area (Å²) in [6.07, 6.45) is 2.64. The minimum Gasteiger partial charge on any atom is -0.389 e. The van der Waals surface area contributed by atoms with Gasteiger partial charge in [0.25, 0.3) is 0 Å². The zero-order valence-corrected chi connectivity index (χ0v) is 12.1. The lowest BCUT2D eigenvalue weighted by molar-refractivity contribution is 0.194. The summed E-state index contributed by atoms with van der Waals surface area (Å²) in [6.45, 7) is 8.07. The van der Waals surface area contributed by atoms with Crippen LogP contribution in [0.15, 0.2) is 18.2 Å². The van der Waals surface area contributed by atoms with Gasteiger partial charge in [0.2, 0.25) is 0 Å². The first-order valence-corrected chi connectivity index (χ1v) is 7.12. The molecule has 1 aromatic carbocycles. The van der Waals surface area contributed by atoms with Crippen LogP contribution in [0.2, 0.25) is 0 Å². The molecular formula is C16H24FNO. The van der Waals surface area contributed by atoms with Crippen LogP contribution in [0.3, 0.4) is 0 Å². The Hall–Kier alpha value is -1.09. The van der Waals surface area contributed by atoms with Crippen molar-refractivity contribution in [3.63, 3.8) is 0 Å². The summed E-state index contributed by atoms with van der Waals surface area (Å²) in [5, 5.41) is 9.82. The first kappa shape index (κ1) is 14.3. The van der Waals surface area contributed by atoms with E-state index in [9.17, 15) is 9.50 Å². The molecule has 0 spiro atoms. The zero-order valence-electron chi connectivity index (χ0n) is 12.1. The number of halogens is 1. The molecule has 0 aliphatic carbocycles. The van der Waals surface area contributed by atoms with Crippen molar-refractivity contribution in [2.24, 2.45) is 5.41 Å². The van der Waals surface area contributed by atoms with Crippen LogP contribution in [-0.2, 0) is 0 Å². The second-order valence-corrected chi connectivity index (χ2v) is 6.35. The van der Waals surface area contributed by atoms with E-state index < -0.39 is 6.10 Å². The van der Waals surface area contributed by atoms with Crippen molar-refractivity contribution in [3.8, 4) is 0 Å². The normalized spacial score (nSPS) is 21.0. The van der Waals surface area contributed by atoms with Crippen LogP contribution >= 0.6 is 0 Å². The Morgan fingerprint density at radius 1 is 1.26 bits per heavy atom. The van der Waals surface area contributed by atoms with Gasteiger partial charge in [-0.25, -0.2) is 4.39 Å². The minimum atomic E-state index is -0.771. The maximum atomic E-state index is 13.9. The Labute approximate surface area is 115 Å². The van der Waals surface area contributed by atoms with E-state index in [2.05, 4.69) is 18.7 Å². The van der Waals surface area contributed by atoms with Crippen LogP contribution in [0.4, 0.5) is 10.1 Å². The molecule has 0 aromatic heterocycles. The predicted molar refractivity (Wildman–Crippen MR) is 76.9 cm³/mol. The van der Waals surface area contributed by atoms with Crippen LogP contribution in [0, 0.1) is 11.2 Å². The van der Waals surface area contributed by atoms with Crippen LogP contribution in [0.25, 0.3) is 0 Å². The number of aliphatic hydroxyl groups is 1. The van der Waals surface area contributed by atoms with E-state index >= 15 is 0 Å². The van der Waals surface area contributed by atoms with Gasteiger partial charge in [0, 0.05) is 24.3 Å². The van der Waals surface area contributed by atoms with Gasteiger partial charge in [-0.1, -0.05) is 19.9 Å². The van der Waals surface area contributed by atoms with Gasteiger partial charge in [-0.2, -0.15) is 0 Å². The molecule has 0 saturated carbocycles. The molecule has 2 rings (SSSR count). The van der Waals surface area contributed by atoms with Gasteiger partial charge in [0.1, 0.15) is 5.82 Å². The van der Waals surface area contributed by atoms with Gasteiger partial charge in [0.15, 0.2) is 0 Å². The number of hydrogen-bond acceptors (Lipinski definition) is 2. The summed E-state index contributed by atoms with van der Waals surface area (Å²) in [5.41, 5.74) is 1.64. The van der Waals surface area contributed by atoms with E-state index in [-0.39, 0.29) is 5.82 Å². The van der Waals surface area contributed by atoms with Crippen LogP contribution in [0.1, 0.15) is 51.7 Å². The first-order chi connectivity index (χ1) is 8.91. The third-order valence-electron chi connectivity index (χ3n) is 4.13. The lowest BCUT2D eigenvalue weighted by Crippen LogP contribution is -2.26. The molecule has 1 aromatic rings. The van der Waals surface area contributed by atoms with Gasteiger partial charge >= 0.3 is 0 Å². The molecule has 2 nitrogen and oxygen atoms in total. The molecule has 1 aliphatic rings. The molecule has 0 bridgehead atoms. The third kappa shape index (κ3) is 3.27. The number of nitrogens with zero attached hydrogens (tertiary/aromatic N) is 1. The van der Waals surface area contributed by atoms with Crippen molar-refractivity contribution in [3.05, 3.63) is 29.6 Å². The summed E-state index contributed by atoms with van der Waals surface area (Å²) in [5.74, 6) is -0.309. The molecule has 3 heteroatoms. The monoisotopic (exact) mass is 265 g/mol. The van der Waals surface area contributed by atoms with E-state index in [0.29, 0.717) is 11.0 Å². The molecule has 0 amide bonds. The molecule has 106 valence electrons. The maximum Gasteiger partial charge on any atom is 0.131 e. The van der Waals surface area contributed by atoms with Crippen molar-refractivity contribution < 1.29 is 9.50 Å². The SMILES string of the molecule is CC(O)c1c(F)cccc1N1CCCC(C)(C)CC1. The molecule has 1 heterocycles. The smallest absolute Gasteiger partial charge is 0.131 e. The number of anilines is 1. The Balaban J connectivity index is 2.29. The fourth-order valence-corrected chi connectivity index (χ4v) is 2.88. The average molecular weight is 265 g/mol. The minimum absolute atomic E-state index is 0.309. The highest BCUT2D eigenvalue weighted by Gasteiger charge is 2.25. The Bertz CT molecular complexity index is 442. The standard InChI is InChI=1S/C16H24FNO/c1-12(19)15-13(17)6-4-7-14(15)18-10-5-8-16(2,3)9-11-18/h4,6-7,12,19H,5,8-11H2,1-3H3. The van der Waals surface area contributed by atoms with Crippen molar-refractivity contribution in [1.82, 2.24) is 0 Å². The summed E-state index contributed by atoms with van der Waals surface area (Å²) in [4.78, 5) is 2.22. The van der Waals surface area contributed by atoms with Gasteiger partial charge in [-0.05, 0) is 43.7 Å². The second-order valence-electron chi connectivity index (χ2n) is 6.35. The van der Waals surface area contributed by atoms with E-state index in [0.717, 1.165) is 31.6 Å². The van der Waals surface area contributed by atoms with E-state index in [1.165, 1.54) is 12.5 Å². The van der Waals surface area contributed by atoms with Gasteiger partial charge in [-0.3, -0.25) is 0 Å². The highest BCUT2D eigenvalue weighted by atomic mass is 19.1. The molecule has 1 N–H and O–H groups in total. The van der Waals surface area contributed by atoms with Crippen molar-refractivity contribution in [2.45, 2.75) is 46.1 Å². The van der Waals surface area contributed by atoms with Crippen LogP contribution < -0.4 is 4.90 Å². The highest BCUT2D eigenvalue weighted by molar-refractivity contribution is 5.55. The number of benzene rings is 1. The van der Waals surface area contributed by atoms with Crippen LogP contribution in [-0.4, -0.2) is 18.2 Å². The second kappa shape index (κ2) is 5.49. The van der Waals surface area contributed by atoms with E-state index in [4.69, 9.17) is 0 Å². The predicted octanol–water partition coefficient (Wildman–Crippen LogP) is 3.90. The quantitative estimate of drug-likeness (QED) is 0.876. The molecule has 1 saturated heterocycles. The summed E-state index contributed by atoms with van der Waals surface area (Å²) >= 11 is 0. The highest BCUT2D eigenvalue weighted by Crippen LogP contribution is 2.35. The zero-order chi connectivity index (χ0) is 14.0. The van der Waals surface area contributed by atoms with Crippen molar-refractivity contribution in [1.29, 1.82) is 0 Å². The lowest BCUT2D eigenvalue weighted by atomic mass is 9.85. The van der Waals surface area contributed by atoms with Crippen molar-refractivity contribution in [2.75, 3.05) is 18.0 Å². The summed E-state index contributed by atoms with van der Waals surface area (Å²) < 4.78 is 13.9. The van der Waals surface area contributed by atoms with Gasteiger partial charge < -0.3 is 10.0 Å². The average Bonchev–Trinajstić information content (AvgIpc) is 2.49. The van der Waals surface area contributed by atoms with E-state index in [1.54, 1.807) is 13.0 Å². The third-order valence-corrected chi connectivity index (χ3v) is 4.13. The Morgan fingerprint density at radius 3 is 2.68 bits per heavy atom.